The van der Waals surface area contributed by atoms with Gasteiger partial charge >= 0.3 is 0 Å². The van der Waals surface area contributed by atoms with Gasteiger partial charge in [0, 0.05) is 19.7 Å². The molecule has 0 unspecified atom stereocenters. The molecule has 0 fully saturated rings. The molecule has 2 aromatic carbocycles. The molecule has 0 aliphatic carbocycles. The first-order chi connectivity index (χ1) is 13.6. The average molecular weight is 383 g/mol. The van der Waals surface area contributed by atoms with Gasteiger partial charge in [0.05, 0.1) is 20.3 Å². The second-order valence-electron chi connectivity index (χ2n) is 6.36. The number of nitrogens with zero attached hydrogens (tertiary/aromatic N) is 1. The van der Waals surface area contributed by atoms with Crippen molar-refractivity contribution in [2.45, 2.75) is 26.8 Å². The van der Waals surface area contributed by atoms with Gasteiger partial charge in [-0.3, -0.25) is 4.79 Å². The lowest BCUT2D eigenvalue weighted by atomic mass is 10.1. The molecule has 0 aliphatic rings. The molecule has 0 N–H and O–H groups in total. The van der Waals surface area contributed by atoms with E-state index in [1.165, 1.54) is 0 Å². The van der Waals surface area contributed by atoms with Crippen molar-refractivity contribution >= 4 is 12.0 Å². The van der Waals surface area contributed by atoms with Crippen molar-refractivity contribution in [1.29, 1.82) is 0 Å². The Labute approximate surface area is 167 Å². The molecule has 2 aromatic rings. The molecule has 0 saturated heterocycles. The predicted molar refractivity (Wildman–Crippen MR) is 112 cm³/mol. The Morgan fingerprint density at radius 1 is 1.04 bits per heavy atom. The highest BCUT2D eigenvalue weighted by atomic mass is 16.5. The van der Waals surface area contributed by atoms with Crippen LogP contribution in [0.5, 0.6) is 17.2 Å². The Balaban J connectivity index is 2.02. The van der Waals surface area contributed by atoms with Gasteiger partial charge in [-0.15, -0.1) is 0 Å². The Kier molecular flexibility index (Phi) is 8.40. The van der Waals surface area contributed by atoms with Gasteiger partial charge in [0.15, 0.2) is 11.5 Å². The maximum absolute atomic E-state index is 12.4. The highest BCUT2D eigenvalue weighted by molar-refractivity contribution is 5.91. The van der Waals surface area contributed by atoms with E-state index in [2.05, 4.69) is 6.92 Å². The van der Waals surface area contributed by atoms with E-state index >= 15 is 0 Å². The molecule has 0 heterocycles. The van der Waals surface area contributed by atoms with Crippen LogP contribution in [0.4, 0.5) is 0 Å². The summed E-state index contributed by atoms with van der Waals surface area (Å²) in [5.74, 6) is 2.15. The van der Waals surface area contributed by atoms with Crippen LogP contribution in [0, 0.1) is 0 Å². The topological polar surface area (TPSA) is 48.0 Å². The summed E-state index contributed by atoms with van der Waals surface area (Å²) in [6.45, 7) is 5.72. The van der Waals surface area contributed by atoms with Crippen molar-refractivity contribution in [1.82, 2.24) is 4.90 Å². The van der Waals surface area contributed by atoms with Crippen LogP contribution in [0.2, 0.25) is 0 Å². The number of carbonyl (C=O) groups excluding carboxylic acids is 1. The highest BCUT2D eigenvalue weighted by Gasteiger charge is 2.08. The molecule has 0 bridgehead atoms. The number of carbonyl (C=O) groups is 1. The fourth-order valence-electron chi connectivity index (χ4n) is 2.61. The summed E-state index contributed by atoms with van der Waals surface area (Å²) in [4.78, 5) is 14.1. The molecular weight excluding hydrogens is 354 g/mol. The SMILES string of the molecule is CCCOc1ccc(/C=C/C(=O)N(C)Cc2ccc(OC)cc2)cc1OCC. The van der Waals surface area contributed by atoms with Gasteiger partial charge in [-0.1, -0.05) is 25.1 Å². The van der Waals surface area contributed by atoms with Crippen LogP contribution in [0.25, 0.3) is 6.08 Å². The minimum Gasteiger partial charge on any atom is -0.497 e. The van der Waals surface area contributed by atoms with E-state index in [1.807, 2.05) is 49.4 Å². The predicted octanol–water partition coefficient (Wildman–Crippen LogP) is 4.55. The lowest BCUT2D eigenvalue weighted by Crippen LogP contribution is -2.24. The molecule has 0 radical (unpaired) electrons. The third-order valence-electron chi connectivity index (χ3n) is 4.10. The van der Waals surface area contributed by atoms with Crippen LogP contribution in [0.3, 0.4) is 0 Å². The van der Waals surface area contributed by atoms with Crippen molar-refractivity contribution in [3.63, 3.8) is 0 Å². The van der Waals surface area contributed by atoms with Crippen molar-refractivity contribution in [2.75, 3.05) is 27.4 Å². The minimum atomic E-state index is -0.0694. The lowest BCUT2D eigenvalue weighted by molar-refractivity contribution is -0.125. The van der Waals surface area contributed by atoms with E-state index in [4.69, 9.17) is 14.2 Å². The Hall–Kier alpha value is -2.95. The maximum atomic E-state index is 12.4. The van der Waals surface area contributed by atoms with Crippen LogP contribution in [0.15, 0.2) is 48.5 Å². The number of rotatable bonds is 10. The number of hydrogen-bond acceptors (Lipinski definition) is 4. The van der Waals surface area contributed by atoms with Gasteiger partial charge in [0.2, 0.25) is 5.91 Å². The molecule has 5 heteroatoms. The monoisotopic (exact) mass is 383 g/mol. The van der Waals surface area contributed by atoms with Crippen LogP contribution in [-0.4, -0.2) is 38.2 Å². The quantitative estimate of drug-likeness (QED) is 0.565. The number of benzene rings is 2. The van der Waals surface area contributed by atoms with Gasteiger partial charge in [0.1, 0.15) is 5.75 Å². The minimum absolute atomic E-state index is 0.0694. The highest BCUT2D eigenvalue weighted by Crippen LogP contribution is 2.29. The fourth-order valence-corrected chi connectivity index (χ4v) is 2.61. The zero-order valence-corrected chi connectivity index (χ0v) is 17.1. The summed E-state index contributed by atoms with van der Waals surface area (Å²) < 4.78 is 16.5. The molecular formula is C23H29NO4. The largest absolute Gasteiger partial charge is 0.497 e. The normalized spacial score (nSPS) is 10.7. The maximum Gasteiger partial charge on any atom is 0.246 e. The summed E-state index contributed by atoms with van der Waals surface area (Å²) in [7, 11) is 3.42. The van der Waals surface area contributed by atoms with Crippen molar-refractivity contribution in [2.24, 2.45) is 0 Å². The summed E-state index contributed by atoms with van der Waals surface area (Å²) in [6.07, 6.45) is 4.29. The van der Waals surface area contributed by atoms with E-state index in [1.54, 1.807) is 31.2 Å². The third kappa shape index (κ3) is 6.34. The molecule has 0 aliphatic heterocycles. The first-order valence-corrected chi connectivity index (χ1v) is 9.53. The van der Waals surface area contributed by atoms with Crippen LogP contribution >= 0.6 is 0 Å². The number of methoxy groups -OCH3 is 1. The summed E-state index contributed by atoms with van der Waals surface area (Å²) >= 11 is 0. The fraction of sp³-hybridized carbons (Fsp3) is 0.348. The Morgan fingerprint density at radius 2 is 1.79 bits per heavy atom. The summed E-state index contributed by atoms with van der Waals surface area (Å²) in [5.41, 5.74) is 1.93. The second-order valence-corrected chi connectivity index (χ2v) is 6.36. The molecule has 2 rings (SSSR count). The second kappa shape index (κ2) is 11.0. The van der Waals surface area contributed by atoms with Gasteiger partial charge in [-0.2, -0.15) is 0 Å². The number of ether oxygens (including phenoxy) is 3. The third-order valence-corrected chi connectivity index (χ3v) is 4.10. The Morgan fingerprint density at radius 3 is 2.43 bits per heavy atom. The first-order valence-electron chi connectivity index (χ1n) is 9.53. The number of amides is 1. The first kappa shape index (κ1) is 21.4. The number of likely N-dealkylation sites (N-methyl/N-ethyl adjacent to an activating group) is 1. The van der Waals surface area contributed by atoms with Crippen LogP contribution in [0.1, 0.15) is 31.4 Å². The smallest absolute Gasteiger partial charge is 0.246 e. The zero-order chi connectivity index (χ0) is 20.4. The van der Waals surface area contributed by atoms with E-state index < -0.39 is 0 Å². The standard InChI is InChI=1S/C23H29NO4/c1-5-15-28-21-13-9-18(16-22(21)27-6-2)10-14-23(25)24(3)17-19-7-11-20(26-4)12-8-19/h7-14,16H,5-6,15,17H2,1-4H3/b14-10+. The molecule has 150 valence electrons. The van der Waals surface area contributed by atoms with E-state index in [0.29, 0.717) is 25.5 Å². The summed E-state index contributed by atoms with van der Waals surface area (Å²) in [6, 6.07) is 13.4. The zero-order valence-electron chi connectivity index (χ0n) is 17.1. The lowest BCUT2D eigenvalue weighted by Gasteiger charge is -2.15. The van der Waals surface area contributed by atoms with Gasteiger partial charge in [-0.25, -0.2) is 0 Å². The van der Waals surface area contributed by atoms with Gasteiger partial charge in [-0.05, 0) is 54.8 Å². The average Bonchev–Trinajstić information content (AvgIpc) is 2.72. The molecule has 0 saturated carbocycles. The molecule has 1 amide bonds. The van der Waals surface area contributed by atoms with Crippen molar-refractivity contribution < 1.29 is 19.0 Å². The van der Waals surface area contributed by atoms with E-state index in [9.17, 15) is 4.79 Å². The molecule has 0 atom stereocenters. The molecule has 28 heavy (non-hydrogen) atoms. The summed E-state index contributed by atoms with van der Waals surface area (Å²) in [5, 5.41) is 0. The van der Waals surface area contributed by atoms with E-state index in [0.717, 1.165) is 29.0 Å². The number of hydrogen-bond donors (Lipinski definition) is 0. The van der Waals surface area contributed by atoms with Crippen molar-refractivity contribution in [3.05, 3.63) is 59.7 Å². The van der Waals surface area contributed by atoms with E-state index in [-0.39, 0.29) is 5.91 Å². The Bertz CT molecular complexity index is 784. The molecule has 0 spiro atoms. The van der Waals surface area contributed by atoms with Crippen LogP contribution < -0.4 is 14.2 Å². The van der Waals surface area contributed by atoms with Gasteiger partial charge in [0.25, 0.3) is 0 Å². The molecule has 5 nitrogen and oxygen atoms in total. The van der Waals surface area contributed by atoms with Gasteiger partial charge < -0.3 is 19.1 Å². The van der Waals surface area contributed by atoms with Crippen LogP contribution in [-0.2, 0) is 11.3 Å². The van der Waals surface area contributed by atoms with Crippen molar-refractivity contribution in [3.8, 4) is 17.2 Å². The molecule has 0 aromatic heterocycles.